The van der Waals surface area contributed by atoms with Gasteiger partial charge in [-0.3, -0.25) is 9.48 Å². The second-order valence-electron chi connectivity index (χ2n) is 4.72. The van der Waals surface area contributed by atoms with Crippen molar-refractivity contribution in [2.45, 2.75) is 26.8 Å². The molecule has 0 spiro atoms. The number of methoxy groups -OCH3 is 1. The molecule has 0 atom stereocenters. The van der Waals surface area contributed by atoms with E-state index in [1.807, 2.05) is 20.0 Å². The summed E-state index contributed by atoms with van der Waals surface area (Å²) in [6.07, 6.45) is 2.10. The van der Waals surface area contributed by atoms with Crippen LogP contribution in [0, 0.1) is 13.8 Å². The summed E-state index contributed by atoms with van der Waals surface area (Å²) in [5.41, 5.74) is 1.26. The van der Waals surface area contributed by atoms with Gasteiger partial charge in [0.25, 0.3) is 0 Å². The van der Waals surface area contributed by atoms with Gasteiger partial charge in [0.05, 0.1) is 22.8 Å². The molecule has 1 N–H and O–H groups in total. The van der Waals surface area contributed by atoms with Crippen LogP contribution in [0.15, 0.2) is 16.7 Å². The van der Waals surface area contributed by atoms with E-state index >= 15 is 0 Å². The normalized spacial score (nSPS) is 10.5. The monoisotopic (exact) mass is 385 g/mol. The molecule has 0 fully saturated rings. The van der Waals surface area contributed by atoms with Crippen molar-refractivity contribution in [1.82, 2.24) is 9.78 Å². The summed E-state index contributed by atoms with van der Waals surface area (Å²) in [5.74, 6) is -0.623. The predicted molar refractivity (Wildman–Crippen MR) is 88.3 cm³/mol. The van der Waals surface area contributed by atoms with E-state index in [1.165, 1.54) is 18.4 Å². The predicted octanol–water partition coefficient (Wildman–Crippen LogP) is 3.14. The minimum absolute atomic E-state index is 0.170. The van der Waals surface area contributed by atoms with Crippen LogP contribution in [-0.2, 0) is 16.1 Å². The Bertz CT molecular complexity index is 689. The maximum atomic E-state index is 12.0. The number of aryl methyl sites for hydroxylation is 3. The van der Waals surface area contributed by atoms with Crippen LogP contribution in [0.1, 0.15) is 27.3 Å². The highest BCUT2D eigenvalue weighted by molar-refractivity contribution is 9.10. The molecule has 0 bridgehead atoms. The molecule has 118 valence electrons. The van der Waals surface area contributed by atoms with Crippen molar-refractivity contribution in [3.8, 4) is 0 Å². The van der Waals surface area contributed by atoms with Gasteiger partial charge in [-0.15, -0.1) is 11.3 Å². The molecule has 0 saturated heterocycles. The number of halogens is 1. The fourth-order valence-electron chi connectivity index (χ4n) is 1.88. The highest BCUT2D eigenvalue weighted by Crippen LogP contribution is 2.28. The summed E-state index contributed by atoms with van der Waals surface area (Å²) in [7, 11) is 1.32. The van der Waals surface area contributed by atoms with Crippen molar-refractivity contribution in [3.63, 3.8) is 0 Å². The van der Waals surface area contributed by atoms with Crippen LogP contribution >= 0.6 is 27.3 Å². The number of esters is 1. The van der Waals surface area contributed by atoms with E-state index in [9.17, 15) is 9.59 Å². The maximum absolute atomic E-state index is 12.0. The van der Waals surface area contributed by atoms with Crippen LogP contribution in [0.3, 0.4) is 0 Å². The summed E-state index contributed by atoms with van der Waals surface area (Å²) >= 11 is 4.73. The van der Waals surface area contributed by atoms with Gasteiger partial charge in [0.15, 0.2) is 0 Å². The first-order chi connectivity index (χ1) is 10.4. The Morgan fingerprint density at radius 3 is 2.77 bits per heavy atom. The average molecular weight is 386 g/mol. The Morgan fingerprint density at radius 2 is 2.18 bits per heavy atom. The summed E-state index contributed by atoms with van der Waals surface area (Å²) < 4.78 is 7.33. The van der Waals surface area contributed by atoms with Crippen LogP contribution in [0.5, 0.6) is 0 Å². The quantitative estimate of drug-likeness (QED) is 0.802. The molecule has 0 aliphatic heterocycles. The molecule has 0 saturated carbocycles. The Labute approximate surface area is 140 Å². The Hall–Kier alpha value is -1.67. The molecule has 2 aromatic heterocycles. The Morgan fingerprint density at radius 1 is 1.45 bits per heavy atom. The van der Waals surface area contributed by atoms with Crippen LogP contribution in [0.25, 0.3) is 0 Å². The maximum Gasteiger partial charge on any atom is 0.340 e. The van der Waals surface area contributed by atoms with Crippen LogP contribution in [0.2, 0.25) is 0 Å². The Balaban J connectivity index is 1.99. The molecule has 0 aliphatic rings. The lowest BCUT2D eigenvalue weighted by atomic mass is 10.3. The van der Waals surface area contributed by atoms with E-state index in [-0.39, 0.29) is 12.3 Å². The molecule has 0 radical (unpaired) electrons. The molecular formula is C14H16BrN3O3S. The zero-order valence-corrected chi connectivity index (χ0v) is 14.9. The first-order valence-electron chi connectivity index (χ1n) is 6.59. The molecule has 2 heterocycles. The summed E-state index contributed by atoms with van der Waals surface area (Å²) in [6.45, 7) is 4.23. The zero-order valence-electron chi connectivity index (χ0n) is 12.5. The van der Waals surface area contributed by atoms with E-state index < -0.39 is 5.97 Å². The smallest absolute Gasteiger partial charge is 0.340 e. The van der Waals surface area contributed by atoms with Crippen molar-refractivity contribution in [1.29, 1.82) is 0 Å². The van der Waals surface area contributed by atoms with Gasteiger partial charge < -0.3 is 10.1 Å². The average Bonchev–Trinajstić information content (AvgIpc) is 2.99. The largest absolute Gasteiger partial charge is 0.465 e. The van der Waals surface area contributed by atoms with Gasteiger partial charge in [-0.05, 0) is 35.8 Å². The number of carbonyl (C=O) groups excluding carboxylic acids is 2. The van der Waals surface area contributed by atoms with E-state index in [0.717, 1.165) is 15.0 Å². The third-order valence-corrected chi connectivity index (χ3v) is 4.71. The van der Waals surface area contributed by atoms with Gasteiger partial charge in [0.1, 0.15) is 5.00 Å². The van der Waals surface area contributed by atoms with E-state index in [1.54, 1.807) is 10.7 Å². The fourth-order valence-corrected chi connectivity index (χ4v) is 3.11. The number of carbonyl (C=O) groups is 2. The molecule has 2 rings (SSSR count). The van der Waals surface area contributed by atoms with Crippen molar-refractivity contribution in [2.24, 2.45) is 0 Å². The number of nitrogens with one attached hydrogen (secondary N) is 1. The van der Waals surface area contributed by atoms with E-state index in [2.05, 4.69) is 26.3 Å². The first kappa shape index (κ1) is 16.7. The number of hydrogen-bond donors (Lipinski definition) is 1. The molecule has 0 unspecified atom stereocenters. The molecule has 8 heteroatoms. The van der Waals surface area contributed by atoms with Gasteiger partial charge in [-0.1, -0.05) is 0 Å². The third-order valence-electron chi connectivity index (χ3n) is 2.97. The summed E-state index contributed by atoms with van der Waals surface area (Å²) in [6, 6.07) is 1.71. The highest BCUT2D eigenvalue weighted by Gasteiger charge is 2.17. The van der Waals surface area contributed by atoms with Crippen LogP contribution in [0.4, 0.5) is 5.00 Å². The first-order valence-corrected chi connectivity index (χ1v) is 8.19. The molecule has 6 nitrogen and oxygen atoms in total. The lowest BCUT2D eigenvalue weighted by Gasteiger charge is -2.05. The van der Waals surface area contributed by atoms with Crippen molar-refractivity contribution < 1.29 is 14.3 Å². The standard InChI is InChI=1S/C14H16BrN3O3S/c1-8-6-10(14(20)21-3)13(22-8)16-12(19)4-5-18-7-11(15)9(2)17-18/h6-7H,4-5H2,1-3H3,(H,16,19). The SMILES string of the molecule is COC(=O)c1cc(C)sc1NC(=O)CCn1cc(Br)c(C)n1. The topological polar surface area (TPSA) is 73.2 Å². The fraction of sp³-hybridized carbons (Fsp3) is 0.357. The minimum Gasteiger partial charge on any atom is -0.465 e. The minimum atomic E-state index is -0.453. The van der Waals surface area contributed by atoms with Crippen LogP contribution < -0.4 is 5.32 Å². The number of rotatable bonds is 5. The van der Waals surface area contributed by atoms with E-state index in [0.29, 0.717) is 17.1 Å². The summed E-state index contributed by atoms with van der Waals surface area (Å²) in [4.78, 5) is 24.6. The van der Waals surface area contributed by atoms with Gasteiger partial charge in [0, 0.05) is 24.0 Å². The Kier molecular flexibility index (Phi) is 5.36. The van der Waals surface area contributed by atoms with Gasteiger partial charge in [0.2, 0.25) is 5.91 Å². The molecule has 1 amide bonds. The second kappa shape index (κ2) is 7.06. The van der Waals surface area contributed by atoms with Crippen molar-refractivity contribution in [3.05, 3.63) is 32.9 Å². The number of hydrogen-bond acceptors (Lipinski definition) is 5. The number of ether oxygens (including phenoxy) is 1. The molecule has 0 aromatic carbocycles. The molecule has 0 aliphatic carbocycles. The van der Waals surface area contributed by atoms with Gasteiger partial charge in [-0.2, -0.15) is 5.10 Å². The van der Waals surface area contributed by atoms with Crippen molar-refractivity contribution in [2.75, 3.05) is 12.4 Å². The number of aromatic nitrogens is 2. The number of amides is 1. The molecule has 22 heavy (non-hydrogen) atoms. The molecular weight excluding hydrogens is 370 g/mol. The lowest BCUT2D eigenvalue weighted by molar-refractivity contribution is -0.116. The number of anilines is 1. The van der Waals surface area contributed by atoms with Crippen LogP contribution in [-0.4, -0.2) is 28.8 Å². The third kappa shape index (κ3) is 3.95. The second-order valence-corrected chi connectivity index (χ2v) is 6.83. The van der Waals surface area contributed by atoms with Gasteiger partial charge in [-0.25, -0.2) is 4.79 Å². The highest BCUT2D eigenvalue weighted by atomic mass is 79.9. The van der Waals surface area contributed by atoms with Crippen molar-refractivity contribution >= 4 is 44.1 Å². The molecule has 2 aromatic rings. The zero-order chi connectivity index (χ0) is 16.3. The number of thiophene rings is 1. The summed E-state index contributed by atoms with van der Waals surface area (Å²) in [5, 5.41) is 7.56. The van der Waals surface area contributed by atoms with E-state index in [4.69, 9.17) is 4.74 Å². The number of nitrogens with zero attached hydrogens (tertiary/aromatic N) is 2. The lowest BCUT2D eigenvalue weighted by Crippen LogP contribution is -2.16. The van der Waals surface area contributed by atoms with Gasteiger partial charge >= 0.3 is 5.97 Å².